The van der Waals surface area contributed by atoms with Crippen LogP contribution in [-0.4, -0.2) is 191 Å². The van der Waals surface area contributed by atoms with E-state index in [1.165, 1.54) is 64.2 Å². The van der Waals surface area contributed by atoms with E-state index in [0.29, 0.717) is 6.42 Å². The van der Waals surface area contributed by atoms with Crippen molar-refractivity contribution in [1.82, 2.24) is 10.6 Å². The van der Waals surface area contributed by atoms with Gasteiger partial charge in [0.2, 0.25) is 11.8 Å². The Morgan fingerprint density at radius 2 is 1.29 bits per heavy atom. The summed E-state index contributed by atoms with van der Waals surface area (Å²) in [4.78, 5) is 37.1. The van der Waals surface area contributed by atoms with Crippen molar-refractivity contribution < 1.29 is 94.2 Å². The highest BCUT2D eigenvalue weighted by atomic mass is 16.8. The van der Waals surface area contributed by atoms with Gasteiger partial charge in [0.15, 0.2) is 12.5 Å². The molecule has 0 saturated carbocycles. The monoisotopic (exact) mass is 898 g/mol. The normalized spacial score (nSPS) is 34.9. The minimum absolute atomic E-state index is 0.130. The van der Waals surface area contributed by atoms with E-state index in [1.807, 2.05) is 0 Å². The number of nitrogens with one attached hydrogen (secondary N) is 2. The third-order valence-corrected chi connectivity index (χ3v) is 11.8. The molecule has 0 radical (unpaired) electrons. The van der Waals surface area contributed by atoms with E-state index in [0.717, 1.165) is 32.6 Å². The molecule has 3 heterocycles. The standard InChI is InChI=1S/C41H74N2O19/c1-3-4-5-6-7-8-9-10-11-12-13-14-15-16-17-18-28(49)43-38-34(54)33(53)36(26(21-45)59-38)61-39-35(55)32(52)31(51)27(60-39)22-58-41(40(56)57)19-24(47)29(42-23(2)46)37(62-41)30(50)25(48)20-44/h24-27,29-39,44-45,47-48,50-55H,3-22H2,1-2H3,(H,42,46)(H,43,49)(H,56,57)/t24-,25+,26+,27+,29+,30+,31-,32-,33+,34+,35+,36+,37+,38+,39-,41+/m0/s1. The van der Waals surface area contributed by atoms with Crippen LogP contribution in [-0.2, 0) is 38.1 Å². The zero-order valence-electron chi connectivity index (χ0n) is 36.0. The van der Waals surface area contributed by atoms with E-state index in [2.05, 4.69) is 17.6 Å². The second-order valence-corrected chi connectivity index (χ2v) is 16.8. The highest BCUT2D eigenvalue weighted by Crippen LogP contribution is 2.35. The van der Waals surface area contributed by atoms with Crippen molar-refractivity contribution in [3.05, 3.63) is 0 Å². The molecule has 0 aromatic rings. The molecule has 21 heteroatoms. The Bertz CT molecular complexity index is 1320. The maximum Gasteiger partial charge on any atom is 0.364 e. The van der Waals surface area contributed by atoms with Gasteiger partial charge in [-0.15, -0.1) is 0 Å². The molecule has 21 nitrogen and oxygen atoms in total. The largest absolute Gasteiger partial charge is 0.477 e. The van der Waals surface area contributed by atoms with Gasteiger partial charge in [0, 0.05) is 19.8 Å². The molecule has 3 fully saturated rings. The quantitative estimate of drug-likeness (QED) is 0.0384. The molecule has 3 aliphatic rings. The molecule has 16 atom stereocenters. The van der Waals surface area contributed by atoms with Crippen LogP contribution in [0.1, 0.15) is 123 Å². The molecule has 0 spiro atoms. The number of aliphatic carboxylic acids is 1. The SMILES string of the molecule is CCCCCCCCCCCCCCCCCC(=O)N[C@@H]1O[C@H](CO)[C@@H](O[C@@H]2O[C@H](CO[C@]3(C(=O)O)C[C@H](O)[C@@H](NC(C)=O)[C@H]([C@H](O)[C@H](O)CO)O3)[C@H](O)[C@H](O)[C@H]2O)[C@H](O)[C@H]1O. The fraction of sp³-hybridized carbons (Fsp3) is 0.927. The molecule has 362 valence electrons. The molecule has 3 rings (SSSR count). The lowest BCUT2D eigenvalue weighted by molar-refractivity contribution is -0.357. The molecule has 0 unspecified atom stereocenters. The average Bonchev–Trinajstić information content (AvgIpc) is 3.24. The van der Waals surface area contributed by atoms with E-state index < -0.39 is 142 Å². The van der Waals surface area contributed by atoms with Crippen molar-refractivity contribution in [3.63, 3.8) is 0 Å². The number of ether oxygens (including phenoxy) is 5. The zero-order chi connectivity index (χ0) is 46.0. The van der Waals surface area contributed by atoms with E-state index in [4.69, 9.17) is 23.7 Å². The van der Waals surface area contributed by atoms with Crippen LogP contribution < -0.4 is 10.6 Å². The lowest BCUT2D eigenvalue weighted by Crippen LogP contribution is -2.68. The molecule has 0 bridgehead atoms. The van der Waals surface area contributed by atoms with Crippen LogP contribution in [0.3, 0.4) is 0 Å². The average molecular weight is 899 g/mol. The summed E-state index contributed by atoms with van der Waals surface area (Å²) >= 11 is 0. The van der Waals surface area contributed by atoms with Gasteiger partial charge in [-0.1, -0.05) is 96.8 Å². The van der Waals surface area contributed by atoms with Gasteiger partial charge >= 0.3 is 5.97 Å². The first-order chi connectivity index (χ1) is 29.5. The number of amides is 2. The molecule has 0 aliphatic carbocycles. The van der Waals surface area contributed by atoms with E-state index in [9.17, 15) is 70.6 Å². The molecule has 62 heavy (non-hydrogen) atoms. The molecule has 13 N–H and O–H groups in total. The second kappa shape index (κ2) is 27.3. The fourth-order valence-corrected chi connectivity index (χ4v) is 8.08. The van der Waals surface area contributed by atoms with Crippen LogP contribution in [0.25, 0.3) is 0 Å². The first-order valence-corrected chi connectivity index (χ1v) is 22.3. The minimum atomic E-state index is -2.85. The number of hydrogen-bond donors (Lipinski definition) is 13. The molecule has 3 aliphatic heterocycles. The van der Waals surface area contributed by atoms with Gasteiger partial charge in [-0.05, 0) is 6.42 Å². The summed E-state index contributed by atoms with van der Waals surface area (Å²) in [6.07, 6.45) is -8.87. The van der Waals surface area contributed by atoms with E-state index in [1.54, 1.807) is 0 Å². The van der Waals surface area contributed by atoms with Gasteiger partial charge in [0.05, 0.1) is 32.0 Å². The Hall–Kier alpha value is -2.19. The smallest absolute Gasteiger partial charge is 0.364 e. The van der Waals surface area contributed by atoms with Crippen molar-refractivity contribution in [2.45, 2.75) is 221 Å². The topological polar surface area (TPSA) is 344 Å². The van der Waals surface area contributed by atoms with Crippen LogP contribution in [0.5, 0.6) is 0 Å². The van der Waals surface area contributed by atoms with Gasteiger partial charge < -0.3 is 90.5 Å². The van der Waals surface area contributed by atoms with Crippen LogP contribution in [0, 0.1) is 0 Å². The van der Waals surface area contributed by atoms with Gasteiger partial charge in [0.1, 0.15) is 67.1 Å². The number of aliphatic hydroxyl groups is 10. The predicted octanol–water partition coefficient (Wildman–Crippen LogP) is -1.84. The lowest BCUT2D eigenvalue weighted by Gasteiger charge is -2.48. The second-order valence-electron chi connectivity index (χ2n) is 16.8. The molecule has 3 saturated heterocycles. The van der Waals surface area contributed by atoms with Crippen LogP contribution in [0.15, 0.2) is 0 Å². The Labute approximate surface area is 362 Å². The van der Waals surface area contributed by atoms with Gasteiger partial charge in [-0.3, -0.25) is 9.59 Å². The molecular weight excluding hydrogens is 824 g/mol. The number of aliphatic hydroxyl groups excluding tert-OH is 10. The number of rotatable bonds is 28. The summed E-state index contributed by atoms with van der Waals surface area (Å²) < 4.78 is 28.1. The van der Waals surface area contributed by atoms with E-state index >= 15 is 0 Å². The van der Waals surface area contributed by atoms with Crippen molar-refractivity contribution in [1.29, 1.82) is 0 Å². The Kier molecular flexibility index (Phi) is 23.9. The summed E-state index contributed by atoms with van der Waals surface area (Å²) in [7, 11) is 0. The van der Waals surface area contributed by atoms with Gasteiger partial charge in [0.25, 0.3) is 5.79 Å². The first-order valence-electron chi connectivity index (χ1n) is 22.3. The number of carbonyl (C=O) groups excluding carboxylic acids is 2. The fourth-order valence-electron chi connectivity index (χ4n) is 8.08. The maximum absolute atomic E-state index is 12.7. The highest BCUT2D eigenvalue weighted by molar-refractivity contribution is 5.77. The van der Waals surface area contributed by atoms with Crippen molar-refractivity contribution in [2.24, 2.45) is 0 Å². The Morgan fingerprint density at radius 3 is 1.81 bits per heavy atom. The number of carboxylic acid groups (broad SMARTS) is 1. The van der Waals surface area contributed by atoms with Crippen LogP contribution >= 0.6 is 0 Å². The predicted molar refractivity (Wildman–Crippen MR) is 216 cm³/mol. The number of unbranched alkanes of at least 4 members (excludes halogenated alkanes) is 14. The number of carbonyl (C=O) groups is 3. The molecule has 0 aromatic heterocycles. The maximum atomic E-state index is 12.7. The summed E-state index contributed by atoms with van der Waals surface area (Å²) in [5.74, 6) is -5.89. The Morgan fingerprint density at radius 1 is 0.726 bits per heavy atom. The third-order valence-electron chi connectivity index (χ3n) is 11.8. The molecule has 0 aromatic carbocycles. The van der Waals surface area contributed by atoms with E-state index in [-0.39, 0.29) is 6.42 Å². The summed E-state index contributed by atoms with van der Waals surface area (Å²) in [5.41, 5.74) is 0. The molecule has 2 amide bonds. The molecular formula is C41H74N2O19. The Balaban J connectivity index is 1.52. The third kappa shape index (κ3) is 15.8. The van der Waals surface area contributed by atoms with Crippen LogP contribution in [0.4, 0.5) is 0 Å². The first kappa shape index (κ1) is 54.1. The van der Waals surface area contributed by atoms with Crippen molar-refractivity contribution in [2.75, 3.05) is 19.8 Å². The minimum Gasteiger partial charge on any atom is -0.477 e. The number of hydrogen-bond acceptors (Lipinski definition) is 18. The van der Waals surface area contributed by atoms with Gasteiger partial charge in [-0.2, -0.15) is 0 Å². The van der Waals surface area contributed by atoms with Crippen molar-refractivity contribution in [3.8, 4) is 0 Å². The van der Waals surface area contributed by atoms with Crippen LogP contribution in [0.2, 0.25) is 0 Å². The summed E-state index contributed by atoms with van der Waals surface area (Å²) in [6.45, 7) is 0.482. The lowest BCUT2D eigenvalue weighted by atomic mass is 9.88. The zero-order valence-corrected chi connectivity index (χ0v) is 36.0. The number of carboxylic acids is 1. The highest BCUT2D eigenvalue weighted by Gasteiger charge is 2.57. The van der Waals surface area contributed by atoms with Crippen molar-refractivity contribution >= 4 is 17.8 Å². The summed E-state index contributed by atoms with van der Waals surface area (Å²) in [6, 6.07) is -1.49. The van der Waals surface area contributed by atoms with Gasteiger partial charge in [-0.25, -0.2) is 4.79 Å². The summed E-state index contributed by atoms with van der Waals surface area (Å²) in [5, 5.41) is 120.